The van der Waals surface area contributed by atoms with Gasteiger partial charge in [-0.2, -0.15) is 0 Å². The molecule has 0 aliphatic heterocycles. The highest BCUT2D eigenvalue weighted by Crippen LogP contribution is 2.10. The lowest BCUT2D eigenvalue weighted by atomic mass is 10.1. The summed E-state index contributed by atoms with van der Waals surface area (Å²) in [5, 5.41) is 3.27. The Morgan fingerprint density at radius 1 is 1.27 bits per heavy atom. The molecule has 1 heterocycles. The van der Waals surface area contributed by atoms with Crippen LogP contribution in [0.2, 0.25) is 0 Å². The van der Waals surface area contributed by atoms with E-state index in [1.54, 1.807) is 0 Å². The van der Waals surface area contributed by atoms with E-state index in [2.05, 4.69) is 22.2 Å². The van der Waals surface area contributed by atoms with Gasteiger partial charge < -0.3 is 15.3 Å². The van der Waals surface area contributed by atoms with Crippen molar-refractivity contribution >= 4 is 11.0 Å². The summed E-state index contributed by atoms with van der Waals surface area (Å²) in [4.78, 5) is 16.5. The molecule has 0 radical (unpaired) electrons. The Morgan fingerprint density at radius 2 is 2.07 bits per heavy atom. The van der Waals surface area contributed by atoms with Crippen molar-refractivity contribution in [2.24, 2.45) is 0 Å². The molecule has 1 aromatic heterocycles. The van der Waals surface area contributed by atoms with E-state index in [1.807, 2.05) is 18.2 Å². The SMILES string of the molecule is CCNCCc1ccc2[nH]c(=O)[nH]c2c1. The van der Waals surface area contributed by atoms with Crippen LogP contribution in [0, 0.1) is 0 Å². The van der Waals surface area contributed by atoms with E-state index in [4.69, 9.17) is 0 Å². The van der Waals surface area contributed by atoms with Crippen molar-refractivity contribution in [1.82, 2.24) is 15.3 Å². The van der Waals surface area contributed by atoms with E-state index in [0.717, 1.165) is 30.5 Å². The molecule has 3 N–H and O–H groups in total. The van der Waals surface area contributed by atoms with E-state index in [0.29, 0.717) is 0 Å². The highest BCUT2D eigenvalue weighted by molar-refractivity contribution is 5.74. The van der Waals surface area contributed by atoms with Crippen molar-refractivity contribution in [3.8, 4) is 0 Å². The van der Waals surface area contributed by atoms with Gasteiger partial charge in [-0.25, -0.2) is 4.79 Å². The van der Waals surface area contributed by atoms with Gasteiger partial charge in [-0.3, -0.25) is 0 Å². The van der Waals surface area contributed by atoms with E-state index in [-0.39, 0.29) is 5.69 Å². The van der Waals surface area contributed by atoms with E-state index in [1.165, 1.54) is 5.56 Å². The van der Waals surface area contributed by atoms with Gasteiger partial charge >= 0.3 is 5.69 Å². The zero-order valence-electron chi connectivity index (χ0n) is 8.76. The lowest BCUT2D eigenvalue weighted by molar-refractivity contribution is 0.717. The molecule has 0 amide bonds. The Hall–Kier alpha value is -1.55. The summed E-state index contributed by atoms with van der Waals surface area (Å²) in [6.45, 7) is 4.05. The van der Waals surface area contributed by atoms with Crippen LogP contribution in [-0.4, -0.2) is 23.1 Å². The fourth-order valence-electron chi connectivity index (χ4n) is 1.64. The van der Waals surface area contributed by atoms with Crippen molar-refractivity contribution in [1.29, 1.82) is 0 Å². The lowest BCUT2D eigenvalue weighted by Gasteiger charge is -2.01. The molecule has 0 saturated carbocycles. The molecular weight excluding hydrogens is 190 g/mol. The smallest absolute Gasteiger partial charge is 0.317 e. The second-order valence-electron chi connectivity index (χ2n) is 3.56. The van der Waals surface area contributed by atoms with Crippen LogP contribution in [-0.2, 0) is 6.42 Å². The molecule has 0 aliphatic carbocycles. The molecule has 0 atom stereocenters. The first-order valence-corrected chi connectivity index (χ1v) is 5.21. The fourth-order valence-corrected chi connectivity index (χ4v) is 1.64. The Balaban J connectivity index is 2.19. The highest BCUT2D eigenvalue weighted by atomic mass is 16.1. The number of fused-ring (bicyclic) bond motifs is 1. The van der Waals surface area contributed by atoms with Crippen LogP contribution in [0.15, 0.2) is 23.0 Å². The molecule has 0 aliphatic rings. The van der Waals surface area contributed by atoms with Crippen LogP contribution in [0.5, 0.6) is 0 Å². The zero-order chi connectivity index (χ0) is 10.7. The predicted molar refractivity (Wildman–Crippen MR) is 61.2 cm³/mol. The zero-order valence-corrected chi connectivity index (χ0v) is 8.76. The Morgan fingerprint density at radius 3 is 2.87 bits per heavy atom. The molecule has 0 spiro atoms. The molecule has 0 fully saturated rings. The van der Waals surface area contributed by atoms with Gasteiger partial charge in [0.05, 0.1) is 11.0 Å². The number of hydrogen-bond acceptors (Lipinski definition) is 2. The summed E-state index contributed by atoms with van der Waals surface area (Å²) in [7, 11) is 0. The van der Waals surface area contributed by atoms with Gasteiger partial charge in [0, 0.05) is 0 Å². The molecule has 0 unspecified atom stereocenters. The maximum Gasteiger partial charge on any atom is 0.323 e. The van der Waals surface area contributed by atoms with Gasteiger partial charge in [0.15, 0.2) is 0 Å². The summed E-state index contributed by atoms with van der Waals surface area (Å²) in [5.41, 5.74) is 2.84. The minimum atomic E-state index is -0.145. The Labute approximate surface area is 87.7 Å². The summed E-state index contributed by atoms with van der Waals surface area (Å²) in [6.07, 6.45) is 0.983. The molecule has 4 nitrogen and oxygen atoms in total. The number of rotatable bonds is 4. The van der Waals surface area contributed by atoms with Crippen molar-refractivity contribution in [2.75, 3.05) is 13.1 Å². The van der Waals surface area contributed by atoms with Crippen molar-refractivity contribution in [3.63, 3.8) is 0 Å². The van der Waals surface area contributed by atoms with Crippen molar-refractivity contribution in [2.45, 2.75) is 13.3 Å². The monoisotopic (exact) mass is 205 g/mol. The molecule has 2 aromatic rings. The molecule has 1 aromatic carbocycles. The van der Waals surface area contributed by atoms with E-state index < -0.39 is 0 Å². The number of nitrogens with one attached hydrogen (secondary N) is 3. The van der Waals surface area contributed by atoms with Gasteiger partial charge in [0.1, 0.15) is 0 Å². The third-order valence-electron chi connectivity index (χ3n) is 2.42. The minimum absolute atomic E-state index is 0.145. The van der Waals surface area contributed by atoms with E-state index >= 15 is 0 Å². The Kier molecular flexibility index (Phi) is 2.87. The average molecular weight is 205 g/mol. The van der Waals surface area contributed by atoms with Crippen molar-refractivity contribution < 1.29 is 0 Å². The number of hydrogen-bond donors (Lipinski definition) is 3. The third-order valence-corrected chi connectivity index (χ3v) is 2.42. The second kappa shape index (κ2) is 4.31. The maximum atomic E-state index is 11.0. The normalized spacial score (nSPS) is 11.0. The first kappa shape index (κ1) is 9.98. The number of benzene rings is 1. The van der Waals surface area contributed by atoms with Gasteiger partial charge in [-0.1, -0.05) is 13.0 Å². The summed E-state index contributed by atoms with van der Waals surface area (Å²) >= 11 is 0. The predicted octanol–water partition coefficient (Wildman–Crippen LogP) is 1.01. The van der Waals surface area contributed by atoms with Crippen LogP contribution in [0.1, 0.15) is 12.5 Å². The average Bonchev–Trinajstić information content (AvgIpc) is 2.57. The molecule has 2 rings (SSSR count). The van der Waals surface area contributed by atoms with Gasteiger partial charge in [-0.05, 0) is 37.2 Å². The fraction of sp³-hybridized carbons (Fsp3) is 0.364. The highest BCUT2D eigenvalue weighted by Gasteiger charge is 1.99. The number of aromatic amines is 2. The molecule has 0 saturated heterocycles. The van der Waals surface area contributed by atoms with Gasteiger partial charge in [-0.15, -0.1) is 0 Å². The van der Waals surface area contributed by atoms with Gasteiger partial charge in [0.2, 0.25) is 0 Å². The van der Waals surface area contributed by atoms with Crippen LogP contribution >= 0.6 is 0 Å². The van der Waals surface area contributed by atoms with Gasteiger partial charge in [0.25, 0.3) is 0 Å². The largest absolute Gasteiger partial charge is 0.323 e. The molecule has 15 heavy (non-hydrogen) atoms. The first-order valence-electron chi connectivity index (χ1n) is 5.21. The molecule has 4 heteroatoms. The summed E-state index contributed by atoms with van der Waals surface area (Å²) in [6, 6.07) is 6.00. The summed E-state index contributed by atoms with van der Waals surface area (Å²) < 4.78 is 0. The van der Waals surface area contributed by atoms with Crippen molar-refractivity contribution in [3.05, 3.63) is 34.2 Å². The number of imidazole rings is 1. The summed E-state index contributed by atoms with van der Waals surface area (Å²) in [5.74, 6) is 0. The maximum absolute atomic E-state index is 11.0. The van der Waals surface area contributed by atoms with Crippen LogP contribution in [0.25, 0.3) is 11.0 Å². The molecule has 0 bridgehead atoms. The third kappa shape index (κ3) is 2.27. The van der Waals surface area contributed by atoms with Crippen LogP contribution in [0.4, 0.5) is 0 Å². The molecule has 80 valence electrons. The standard InChI is InChI=1S/C11H15N3O/c1-2-12-6-5-8-3-4-9-10(7-8)14-11(15)13-9/h3-4,7,12H,2,5-6H2,1H3,(H2,13,14,15). The van der Waals surface area contributed by atoms with Crippen LogP contribution in [0.3, 0.4) is 0 Å². The number of likely N-dealkylation sites (N-methyl/N-ethyl adjacent to an activating group) is 1. The quantitative estimate of drug-likeness (QED) is 0.652. The van der Waals surface area contributed by atoms with E-state index in [9.17, 15) is 4.79 Å². The molecular formula is C11H15N3O. The minimum Gasteiger partial charge on any atom is -0.317 e. The Bertz CT molecular complexity index is 498. The topological polar surface area (TPSA) is 60.7 Å². The van der Waals surface area contributed by atoms with Crippen LogP contribution < -0.4 is 11.0 Å². The lowest BCUT2D eigenvalue weighted by Crippen LogP contribution is -2.15. The number of aromatic nitrogens is 2. The second-order valence-corrected chi connectivity index (χ2v) is 3.56. The first-order chi connectivity index (χ1) is 7.29. The number of H-pyrrole nitrogens is 2.